The molecule has 1 aromatic carbocycles. The summed E-state index contributed by atoms with van der Waals surface area (Å²) in [6.07, 6.45) is 9.10. The van der Waals surface area contributed by atoms with E-state index < -0.39 is 12.7 Å². The minimum Gasteiger partial charge on any atom is -0.335 e. The van der Waals surface area contributed by atoms with Gasteiger partial charge in [-0.25, -0.2) is 9.18 Å². The first kappa shape index (κ1) is 24.3. The van der Waals surface area contributed by atoms with Gasteiger partial charge in [-0.05, 0) is 73.6 Å². The summed E-state index contributed by atoms with van der Waals surface area (Å²) < 4.78 is 51.0. The highest BCUT2D eigenvalue weighted by atomic mass is 19.4. The largest absolute Gasteiger partial charge is 0.401 e. The third kappa shape index (κ3) is 5.42. The molecule has 0 saturated heterocycles. The first-order valence-corrected chi connectivity index (χ1v) is 12.7. The van der Waals surface area contributed by atoms with Crippen LogP contribution in [0.4, 0.5) is 22.4 Å². The molecule has 0 radical (unpaired) electrons. The van der Waals surface area contributed by atoms with E-state index >= 15 is 0 Å². The van der Waals surface area contributed by atoms with Crippen molar-refractivity contribution >= 4 is 6.03 Å². The third-order valence-corrected chi connectivity index (χ3v) is 8.27. The van der Waals surface area contributed by atoms with E-state index in [1.807, 2.05) is 4.90 Å². The highest BCUT2D eigenvalue weighted by Gasteiger charge is 2.41. The molecule has 190 valence electrons. The number of urea groups is 1. The van der Waals surface area contributed by atoms with Crippen molar-refractivity contribution in [3.63, 3.8) is 0 Å². The molecule has 3 aliphatic carbocycles. The van der Waals surface area contributed by atoms with Crippen molar-refractivity contribution in [1.82, 2.24) is 15.5 Å². The first-order chi connectivity index (χ1) is 16.7. The zero-order chi connectivity index (χ0) is 24.6. The SMILES string of the molecule is O=C(NC1CC(NCC(F)(F)F)C1)N1CCC2=C(C=CCC3(CCCC3)C2)[C@@H]1c1ccc(F)cc1. The van der Waals surface area contributed by atoms with Crippen LogP contribution in [0, 0.1) is 11.2 Å². The molecule has 0 unspecified atom stereocenters. The fraction of sp³-hybridized carbons (Fsp3) is 0.593. The number of alkyl halides is 3. The van der Waals surface area contributed by atoms with Crippen LogP contribution in [-0.2, 0) is 0 Å². The maximum atomic E-state index is 13.7. The molecule has 1 aliphatic heterocycles. The van der Waals surface area contributed by atoms with E-state index in [2.05, 4.69) is 22.8 Å². The van der Waals surface area contributed by atoms with Gasteiger partial charge in [0.05, 0.1) is 12.6 Å². The number of carbonyl (C=O) groups is 1. The van der Waals surface area contributed by atoms with Crippen molar-refractivity contribution in [1.29, 1.82) is 0 Å². The molecule has 1 atom stereocenters. The number of benzene rings is 1. The average Bonchev–Trinajstić information content (AvgIpc) is 3.15. The number of amides is 2. The molecule has 4 nitrogen and oxygen atoms in total. The number of rotatable bonds is 4. The summed E-state index contributed by atoms with van der Waals surface area (Å²) in [7, 11) is 0. The van der Waals surface area contributed by atoms with Gasteiger partial charge in [0.15, 0.2) is 0 Å². The van der Waals surface area contributed by atoms with Gasteiger partial charge in [0.2, 0.25) is 0 Å². The van der Waals surface area contributed by atoms with Gasteiger partial charge in [-0.3, -0.25) is 0 Å². The van der Waals surface area contributed by atoms with Gasteiger partial charge < -0.3 is 15.5 Å². The summed E-state index contributed by atoms with van der Waals surface area (Å²) in [5.74, 6) is -0.317. The zero-order valence-electron chi connectivity index (χ0n) is 19.8. The van der Waals surface area contributed by atoms with Gasteiger partial charge in [-0.15, -0.1) is 0 Å². The predicted octanol–water partition coefficient (Wildman–Crippen LogP) is 6.17. The molecule has 2 fully saturated rings. The quantitative estimate of drug-likeness (QED) is 0.495. The highest BCUT2D eigenvalue weighted by Crippen LogP contribution is 2.51. The third-order valence-electron chi connectivity index (χ3n) is 8.27. The number of carbonyl (C=O) groups excluding carboxylic acids is 1. The van der Waals surface area contributed by atoms with Crippen molar-refractivity contribution in [3.8, 4) is 0 Å². The second-order valence-corrected chi connectivity index (χ2v) is 10.8. The molecule has 8 heteroatoms. The Kier molecular flexibility index (Phi) is 6.68. The Balaban J connectivity index is 1.33. The molecule has 2 saturated carbocycles. The molecule has 1 spiro atoms. The first-order valence-electron chi connectivity index (χ1n) is 12.7. The van der Waals surface area contributed by atoms with Crippen LogP contribution in [0.2, 0.25) is 0 Å². The van der Waals surface area contributed by atoms with Crippen LogP contribution >= 0.6 is 0 Å². The minimum absolute atomic E-state index is 0.149. The summed E-state index contributed by atoms with van der Waals surface area (Å²) in [5, 5.41) is 5.54. The number of hydrogen-bond donors (Lipinski definition) is 2. The molecule has 4 aliphatic rings. The molecule has 2 amide bonds. The molecular formula is C27H33F4N3O. The lowest BCUT2D eigenvalue weighted by Crippen LogP contribution is -2.57. The standard InChI is InChI=1S/C27H33F4N3O/c28-20-7-5-18(6-8-20)24-23-4-3-12-26(10-1-2-11-26)16-19(23)9-13-34(24)25(35)33-22-14-21(15-22)32-17-27(29,30)31/h3-8,21-22,24,32H,1-2,9-17H2,(H,33,35)/t21?,22?,24-/m0/s1. The second kappa shape index (κ2) is 9.60. The van der Waals surface area contributed by atoms with Crippen LogP contribution in [0.5, 0.6) is 0 Å². The Bertz CT molecular complexity index is 989. The maximum Gasteiger partial charge on any atom is 0.401 e. The summed E-state index contributed by atoms with van der Waals surface area (Å²) in [6, 6.07) is 5.47. The maximum absolute atomic E-state index is 13.7. The van der Waals surface area contributed by atoms with Gasteiger partial charge in [0.1, 0.15) is 5.82 Å². The Morgan fingerprint density at radius 3 is 2.49 bits per heavy atom. The monoisotopic (exact) mass is 491 g/mol. The molecule has 1 aromatic rings. The van der Waals surface area contributed by atoms with Crippen LogP contribution in [0.15, 0.2) is 47.6 Å². The second-order valence-electron chi connectivity index (χ2n) is 10.8. The Morgan fingerprint density at radius 2 is 1.80 bits per heavy atom. The van der Waals surface area contributed by atoms with Crippen LogP contribution in [0.25, 0.3) is 0 Å². The lowest BCUT2D eigenvalue weighted by Gasteiger charge is -2.42. The van der Waals surface area contributed by atoms with E-state index in [0.717, 1.165) is 30.4 Å². The fourth-order valence-electron chi connectivity index (χ4n) is 6.40. The lowest BCUT2D eigenvalue weighted by molar-refractivity contribution is -0.127. The normalized spacial score (nSPS) is 28.0. The van der Waals surface area contributed by atoms with Crippen molar-refractivity contribution in [2.75, 3.05) is 13.1 Å². The van der Waals surface area contributed by atoms with Crippen molar-refractivity contribution < 1.29 is 22.4 Å². The van der Waals surface area contributed by atoms with Crippen LogP contribution in [0.1, 0.15) is 69.4 Å². The van der Waals surface area contributed by atoms with E-state index in [1.54, 1.807) is 12.1 Å². The van der Waals surface area contributed by atoms with Crippen molar-refractivity contribution in [3.05, 3.63) is 58.9 Å². The summed E-state index contributed by atoms with van der Waals surface area (Å²) in [4.78, 5) is 15.2. The number of nitrogens with one attached hydrogen (secondary N) is 2. The molecule has 35 heavy (non-hydrogen) atoms. The van der Waals surface area contributed by atoms with E-state index in [-0.39, 0.29) is 30.0 Å². The van der Waals surface area contributed by atoms with Crippen molar-refractivity contribution in [2.45, 2.75) is 82.1 Å². The molecule has 1 heterocycles. The summed E-state index contributed by atoms with van der Waals surface area (Å²) in [5.41, 5.74) is 3.74. The average molecular weight is 492 g/mol. The van der Waals surface area contributed by atoms with Gasteiger partial charge in [-0.2, -0.15) is 13.2 Å². The zero-order valence-corrected chi connectivity index (χ0v) is 19.8. The molecular weight excluding hydrogens is 458 g/mol. The number of halogens is 4. The molecule has 0 aromatic heterocycles. The number of allylic oxidation sites excluding steroid dienone is 1. The Labute approximate surface area is 203 Å². The summed E-state index contributed by atoms with van der Waals surface area (Å²) in [6.45, 7) is -0.443. The van der Waals surface area contributed by atoms with E-state index in [9.17, 15) is 22.4 Å². The van der Waals surface area contributed by atoms with Gasteiger partial charge in [0.25, 0.3) is 0 Å². The van der Waals surface area contributed by atoms with Crippen LogP contribution in [-0.4, -0.2) is 42.3 Å². The fourth-order valence-corrected chi connectivity index (χ4v) is 6.40. The van der Waals surface area contributed by atoms with E-state index in [1.165, 1.54) is 43.4 Å². The molecule has 5 rings (SSSR count). The molecule has 0 bridgehead atoms. The van der Waals surface area contributed by atoms with Gasteiger partial charge in [0, 0.05) is 18.6 Å². The van der Waals surface area contributed by atoms with Crippen LogP contribution in [0.3, 0.4) is 0 Å². The lowest BCUT2D eigenvalue weighted by atomic mass is 9.75. The van der Waals surface area contributed by atoms with E-state index in [4.69, 9.17) is 0 Å². The topological polar surface area (TPSA) is 44.4 Å². The highest BCUT2D eigenvalue weighted by molar-refractivity contribution is 5.76. The smallest absolute Gasteiger partial charge is 0.335 e. The minimum atomic E-state index is -4.24. The van der Waals surface area contributed by atoms with Gasteiger partial charge >= 0.3 is 12.2 Å². The predicted molar refractivity (Wildman–Crippen MR) is 126 cm³/mol. The van der Waals surface area contributed by atoms with E-state index in [0.29, 0.717) is 24.8 Å². The van der Waals surface area contributed by atoms with Gasteiger partial charge in [-0.1, -0.05) is 42.7 Å². The number of hydrogen-bond acceptors (Lipinski definition) is 2. The summed E-state index contributed by atoms with van der Waals surface area (Å²) >= 11 is 0. The Hall–Kier alpha value is -2.35. The van der Waals surface area contributed by atoms with Crippen molar-refractivity contribution in [2.24, 2.45) is 5.41 Å². The molecule has 2 N–H and O–H groups in total. The Morgan fingerprint density at radius 1 is 1.09 bits per heavy atom. The van der Waals surface area contributed by atoms with Crippen LogP contribution < -0.4 is 10.6 Å². The number of nitrogens with zero attached hydrogens (tertiary/aromatic N) is 1.